The normalized spacial score (nSPS) is 19.9. The van der Waals surface area contributed by atoms with E-state index < -0.39 is 6.88 Å². The predicted molar refractivity (Wildman–Crippen MR) is 138 cm³/mol. The molecule has 0 aromatic carbocycles. The zero-order valence-corrected chi connectivity index (χ0v) is 20.5. The largest absolute Gasteiger partial charge is 0.342 e. The van der Waals surface area contributed by atoms with Crippen LogP contribution in [-0.4, -0.2) is 37.4 Å². The smallest absolute Gasteiger partial charge is 0.211 e. The Morgan fingerprint density at radius 1 is 1.17 bits per heavy atom. The molecule has 1 spiro atoms. The van der Waals surface area contributed by atoms with Crippen molar-refractivity contribution < 1.29 is 2.74 Å². The highest BCUT2D eigenvalue weighted by Crippen LogP contribution is 2.50. The first-order valence-corrected chi connectivity index (χ1v) is 12.5. The number of nitrogens with zero attached hydrogens (tertiary/aromatic N) is 6. The average Bonchev–Trinajstić information content (AvgIpc) is 3.47. The van der Waals surface area contributed by atoms with Crippen molar-refractivity contribution >= 4 is 23.2 Å². The zero-order valence-electron chi connectivity index (χ0n) is 21.8. The Hall–Kier alpha value is -3.03. The monoisotopic (exact) mass is 489 g/mol. The van der Waals surface area contributed by atoms with E-state index in [1.54, 1.807) is 6.20 Å². The van der Waals surface area contributed by atoms with Crippen molar-refractivity contribution in [2.75, 3.05) is 18.0 Å². The highest BCUT2D eigenvalue weighted by Gasteiger charge is 2.46. The minimum Gasteiger partial charge on any atom is -0.342 e. The maximum atomic E-state index is 7.57. The molecule has 4 aromatic heterocycles. The molecule has 6 rings (SSSR count). The first kappa shape index (κ1) is 20.2. The van der Waals surface area contributed by atoms with Gasteiger partial charge in [0.15, 0.2) is 0 Å². The second-order valence-electron chi connectivity index (χ2n) is 9.75. The number of nitrogens with two attached hydrogens (primary N) is 1. The Morgan fingerprint density at radius 2 is 2.03 bits per heavy atom. The number of hydrogen-bond acceptors (Lipinski definition) is 6. The maximum absolute atomic E-state index is 7.57. The molecule has 8 heteroatoms. The molecule has 1 atom stereocenters. The Bertz CT molecular complexity index is 1460. The number of aryl methyl sites for hydroxylation is 2. The quantitative estimate of drug-likeness (QED) is 0.455. The molecule has 0 bridgehead atoms. The van der Waals surface area contributed by atoms with Gasteiger partial charge in [-0.2, -0.15) is 0 Å². The second-order valence-corrected chi connectivity index (χ2v) is 10.1. The molecule has 0 unspecified atom stereocenters. The van der Waals surface area contributed by atoms with Gasteiger partial charge >= 0.3 is 0 Å². The fourth-order valence-electron chi connectivity index (χ4n) is 5.85. The molecule has 1 aliphatic carbocycles. The van der Waals surface area contributed by atoms with E-state index in [9.17, 15) is 0 Å². The van der Waals surface area contributed by atoms with Gasteiger partial charge in [0.2, 0.25) is 5.95 Å². The van der Waals surface area contributed by atoms with Gasteiger partial charge in [-0.15, -0.1) is 0 Å². The van der Waals surface area contributed by atoms with Crippen LogP contribution in [0.1, 0.15) is 62.3 Å². The maximum Gasteiger partial charge on any atom is 0.211 e. The highest BCUT2D eigenvalue weighted by molar-refractivity contribution is 6.32. The van der Waals surface area contributed by atoms with E-state index in [4.69, 9.17) is 30.0 Å². The van der Waals surface area contributed by atoms with Crippen LogP contribution in [0.4, 0.5) is 5.95 Å². The summed E-state index contributed by atoms with van der Waals surface area (Å²) >= 11 is 6.64. The van der Waals surface area contributed by atoms with Crippen LogP contribution in [-0.2, 0) is 19.3 Å². The molecule has 0 amide bonds. The Morgan fingerprint density at radius 3 is 2.83 bits per heavy atom. The topological polar surface area (TPSA) is 85.2 Å². The lowest BCUT2D eigenvalue weighted by Gasteiger charge is -2.42. The van der Waals surface area contributed by atoms with Crippen LogP contribution in [0, 0.1) is 12.3 Å². The number of fused-ring (bicyclic) bond motifs is 2. The van der Waals surface area contributed by atoms with Gasteiger partial charge in [-0.1, -0.05) is 24.5 Å². The summed E-state index contributed by atoms with van der Waals surface area (Å²) in [5, 5.41) is 0.518. The van der Waals surface area contributed by atoms with Gasteiger partial charge < -0.3 is 10.6 Å². The van der Waals surface area contributed by atoms with Gasteiger partial charge in [0.05, 0.1) is 10.7 Å². The minimum atomic E-state index is -1.00. The predicted octanol–water partition coefficient (Wildman–Crippen LogP) is 4.48. The molecule has 5 heterocycles. The molecule has 0 saturated carbocycles. The van der Waals surface area contributed by atoms with Crippen LogP contribution in [0.25, 0.3) is 5.65 Å². The first-order chi connectivity index (χ1) is 17.9. The lowest BCUT2D eigenvalue weighted by atomic mass is 9.73. The number of halogens is 1. The van der Waals surface area contributed by atoms with Gasteiger partial charge in [-0.25, -0.2) is 9.97 Å². The minimum absolute atomic E-state index is 0.0269. The lowest BCUT2D eigenvalue weighted by Crippen LogP contribution is -2.45. The number of imidazole rings is 1. The molecular formula is C27H30ClN7. The number of rotatable bonds is 4. The van der Waals surface area contributed by atoms with Crippen molar-refractivity contribution in [1.29, 1.82) is 0 Å². The summed E-state index contributed by atoms with van der Waals surface area (Å²) < 4.78 is 17.2. The molecule has 1 fully saturated rings. The Labute approximate surface area is 213 Å². The molecule has 0 radical (unpaired) electrons. The van der Waals surface area contributed by atoms with Gasteiger partial charge in [-0.3, -0.25) is 14.4 Å². The SMILES string of the molecule is [2H]C([2H])Cc1nccc(Cc2c(C)nc(N3CCC4(CC3)Cc3ncccc3[C@H]4N)n3ccnc23)c1Cl. The highest BCUT2D eigenvalue weighted by atomic mass is 35.5. The Balaban J connectivity index is 1.27. The molecule has 1 saturated heterocycles. The van der Waals surface area contributed by atoms with E-state index in [2.05, 4.69) is 25.3 Å². The molecule has 2 aliphatic rings. The van der Waals surface area contributed by atoms with Crippen molar-refractivity contribution in [1.82, 2.24) is 24.3 Å². The number of anilines is 1. The summed E-state index contributed by atoms with van der Waals surface area (Å²) in [7, 11) is 0. The van der Waals surface area contributed by atoms with Crippen LogP contribution in [0.15, 0.2) is 43.0 Å². The molecule has 7 nitrogen and oxygen atoms in total. The summed E-state index contributed by atoms with van der Waals surface area (Å²) in [5.41, 5.74) is 13.4. The molecular weight excluding hydrogens is 458 g/mol. The molecule has 4 aromatic rings. The number of hydrogen-bond donors (Lipinski definition) is 1. The van der Waals surface area contributed by atoms with E-state index in [1.165, 1.54) is 5.56 Å². The molecule has 180 valence electrons. The third-order valence-corrected chi connectivity index (χ3v) is 8.38. The summed E-state index contributed by atoms with van der Waals surface area (Å²) in [5.74, 6) is 0.901. The van der Waals surface area contributed by atoms with Crippen LogP contribution in [0.5, 0.6) is 0 Å². The number of aromatic nitrogens is 5. The van der Waals surface area contributed by atoms with Crippen molar-refractivity contribution in [3.05, 3.63) is 81.8 Å². The summed E-state index contributed by atoms with van der Waals surface area (Å²) in [6.07, 6.45) is 11.0. The summed E-state index contributed by atoms with van der Waals surface area (Å²) in [6.45, 7) is 2.77. The standard InChI is InChI=1S/C27H30ClN7/c1-3-21-23(28)18(6-10-31-21)15-20-17(2)33-26(35-14-11-32-25(20)35)34-12-7-27(8-13-34)16-22-19(24(27)29)5-4-9-30-22/h4-6,9-11,14,24H,3,7-8,12-13,15-16,29H2,1-2H3/t24-/m1/s1/i1D2. The third-order valence-electron chi connectivity index (χ3n) is 7.91. The van der Waals surface area contributed by atoms with Gasteiger partial charge in [0.25, 0.3) is 0 Å². The first-order valence-electron chi connectivity index (χ1n) is 13.3. The van der Waals surface area contributed by atoms with Gasteiger partial charge in [0.1, 0.15) is 5.65 Å². The average molecular weight is 490 g/mol. The van der Waals surface area contributed by atoms with Crippen molar-refractivity contribution in [2.24, 2.45) is 11.1 Å². The van der Waals surface area contributed by atoms with Crippen molar-refractivity contribution in [3.63, 3.8) is 0 Å². The van der Waals surface area contributed by atoms with E-state index in [1.807, 2.05) is 37.6 Å². The van der Waals surface area contributed by atoms with Crippen molar-refractivity contribution in [3.8, 4) is 0 Å². The van der Waals surface area contributed by atoms with Crippen LogP contribution in [0.3, 0.4) is 0 Å². The second kappa shape index (κ2) is 8.57. The van der Waals surface area contributed by atoms with Crippen molar-refractivity contribution in [2.45, 2.75) is 51.9 Å². The number of pyridine rings is 2. The van der Waals surface area contributed by atoms with E-state index in [0.717, 1.165) is 66.5 Å². The fourth-order valence-corrected chi connectivity index (χ4v) is 6.10. The van der Waals surface area contributed by atoms with E-state index in [0.29, 0.717) is 17.1 Å². The third kappa shape index (κ3) is 3.60. The van der Waals surface area contributed by atoms with E-state index >= 15 is 0 Å². The molecule has 1 aliphatic heterocycles. The van der Waals surface area contributed by atoms with Crippen LogP contribution >= 0.6 is 11.6 Å². The van der Waals surface area contributed by atoms with Gasteiger partial charge in [-0.05, 0) is 61.3 Å². The van der Waals surface area contributed by atoms with E-state index in [-0.39, 0.29) is 17.9 Å². The van der Waals surface area contributed by atoms with Crippen LogP contribution < -0.4 is 10.6 Å². The number of piperidine rings is 1. The summed E-state index contributed by atoms with van der Waals surface area (Å²) in [4.78, 5) is 21.0. The van der Waals surface area contributed by atoms with Gasteiger partial charge in [0, 0.05) is 70.0 Å². The van der Waals surface area contributed by atoms with Crippen LogP contribution in [0.2, 0.25) is 5.02 Å². The zero-order chi connectivity index (χ0) is 25.7. The Kier molecular flexibility index (Phi) is 4.94. The molecule has 35 heavy (non-hydrogen) atoms. The summed E-state index contributed by atoms with van der Waals surface area (Å²) in [6, 6.07) is 6.03. The lowest BCUT2D eigenvalue weighted by molar-refractivity contribution is 0.186. The fraction of sp³-hybridized carbons (Fsp3) is 0.407. The molecule has 2 N–H and O–H groups in total.